The molecule has 0 saturated carbocycles. The maximum absolute atomic E-state index is 13.1. The number of carboxylic acid groups (broad SMARTS) is 1. The van der Waals surface area contributed by atoms with Gasteiger partial charge in [-0.3, -0.25) is 28.9 Å². The molecular weight excluding hydrogens is 490 g/mol. The first-order valence-corrected chi connectivity index (χ1v) is 13.3. The van der Waals surface area contributed by atoms with Crippen LogP contribution in [0.15, 0.2) is 23.0 Å². The molecule has 3 amide bonds. The topological polar surface area (TPSA) is 126 Å². The van der Waals surface area contributed by atoms with E-state index < -0.39 is 18.0 Å². The van der Waals surface area contributed by atoms with E-state index in [-0.39, 0.29) is 29.7 Å². The second kappa shape index (κ2) is 11.3. The van der Waals surface area contributed by atoms with E-state index in [2.05, 4.69) is 24.1 Å². The summed E-state index contributed by atoms with van der Waals surface area (Å²) < 4.78 is 8.95. The van der Waals surface area contributed by atoms with Crippen LogP contribution in [-0.4, -0.2) is 86.9 Å². The zero-order valence-corrected chi connectivity index (χ0v) is 22.7. The number of nitrogens with one attached hydrogen (secondary N) is 1. The van der Waals surface area contributed by atoms with Crippen molar-refractivity contribution in [2.24, 2.45) is 7.05 Å². The molecule has 11 nitrogen and oxygen atoms in total. The summed E-state index contributed by atoms with van der Waals surface area (Å²) in [6.07, 6.45) is 3.14. The largest absolute Gasteiger partial charge is 0.465 e. The van der Waals surface area contributed by atoms with Crippen molar-refractivity contribution in [2.75, 3.05) is 33.3 Å². The van der Waals surface area contributed by atoms with Crippen molar-refractivity contribution in [2.45, 2.75) is 70.1 Å². The van der Waals surface area contributed by atoms with Crippen LogP contribution in [-0.2, 0) is 27.8 Å². The predicted octanol–water partition coefficient (Wildman–Crippen LogP) is 2.12. The molecule has 208 valence electrons. The van der Waals surface area contributed by atoms with E-state index in [0.717, 1.165) is 48.8 Å². The lowest BCUT2D eigenvalue weighted by Gasteiger charge is -2.44. The Bertz CT molecular complexity index is 1260. The highest BCUT2D eigenvalue weighted by Gasteiger charge is 2.33. The molecule has 0 bridgehead atoms. The fourth-order valence-corrected chi connectivity index (χ4v) is 5.75. The van der Waals surface area contributed by atoms with Crippen molar-refractivity contribution in [3.05, 3.63) is 34.2 Å². The number of imidazole rings is 1. The van der Waals surface area contributed by atoms with Crippen molar-refractivity contribution in [3.63, 3.8) is 0 Å². The van der Waals surface area contributed by atoms with Gasteiger partial charge in [-0.2, -0.15) is 0 Å². The standard InChI is InChI=1S/C27H39N5O6/c1-27(2,31-14-15-38-19(17-31)16-29(3)26(36)37)13-6-5-8-18-9-7-10-20-23(18)30(4)25(35)32(20)21-11-12-22(33)28-24(21)34/h7,9-10,19,21H,5-6,8,11-17H2,1-4H3,(H,36,37)(H,28,33,34)/t19-,21?/m0/s1. The normalized spacial score (nSPS) is 21.1. The number of morpholine rings is 1. The number of ether oxygens (including phenoxy) is 1. The Morgan fingerprint density at radius 3 is 2.71 bits per heavy atom. The molecule has 2 atom stereocenters. The third-order valence-corrected chi connectivity index (χ3v) is 7.99. The smallest absolute Gasteiger partial charge is 0.407 e. The van der Waals surface area contributed by atoms with Gasteiger partial charge in [0.25, 0.3) is 0 Å². The molecule has 2 aromatic rings. The number of piperidine rings is 1. The third-order valence-electron chi connectivity index (χ3n) is 7.99. The number of carbonyl (C=O) groups is 3. The monoisotopic (exact) mass is 529 g/mol. The summed E-state index contributed by atoms with van der Waals surface area (Å²) >= 11 is 0. The summed E-state index contributed by atoms with van der Waals surface area (Å²) in [6, 6.07) is 5.13. The van der Waals surface area contributed by atoms with E-state index >= 15 is 0 Å². The number of hydrogen-bond donors (Lipinski definition) is 2. The van der Waals surface area contributed by atoms with Crippen LogP contribution in [0.1, 0.15) is 57.6 Å². The molecule has 1 aromatic carbocycles. The van der Waals surface area contributed by atoms with Crippen LogP contribution in [0.25, 0.3) is 11.0 Å². The SMILES string of the molecule is CN(C[C@H]1CN(C(C)(C)CCCCc2cccc3c2n(C)c(=O)n3C2CCC(=O)NC2=O)CCO1)C(=O)O. The number of hydrogen-bond acceptors (Lipinski definition) is 6. The molecule has 2 aliphatic heterocycles. The first-order chi connectivity index (χ1) is 18.0. The van der Waals surface area contributed by atoms with Gasteiger partial charge in [0.05, 0.1) is 30.3 Å². The second-order valence-electron chi connectivity index (χ2n) is 11.1. The average molecular weight is 530 g/mol. The van der Waals surface area contributed by atoms with Gasteiger partial charge in [-0.25, -0.2) is 9.59 Å². The Morgan fingerprint density at radius 2 is 2.00 bits per heavy atom. The first kappa shape index (κ1) is 27.8. The summed E-state index contributed by atoms with van der Waals surface area (Å²) in [7, 11) is 3.29. The number of likely N-dealkylation sites (N-methyl/N-ethyl adjacent to an activating group) is 1. The van der Waals surface area contributed by atoms with E-state index in [0.29, 0.717) is 26.1 Å². The van der Waals surface area contributed by atoms with Crippen molar-refractivity contribution < 1.29 is 24.2 Å². The van der Waals surface area contributed by atoms with E-state index in [4.69, 9.17) is 9.84 Å². The van der Waals surface area contributed by atoms with Gasteiger partial charge in [0.2, 0.25) is 11.8 Å². The lowest BCUT2D eigenvalue weighted by atomic mass is 9.92. The quantitative estimate of drug-likeness (QED) is 0.376. The molecule has 1 aromatic heterocycles. The molecule has 0 radical (unpaired) electrons. The Hall–Kier alpha value is -3.18. The number of amides is 3. The van der Waals surface area contributed by atoms with Crippen LogP contribution in [0.2, 0.25) is 0 Å². The van der Waals surface area contributed by atoms with Crippen LogP contribution in [0, 0.1) is 0 Å². The zero-order chi connectivity index (χ0) is 27.6. The minimum absolute atomic E-state index is 0.0577. The number of rotatable bonds is 9. The fourth-order valence-electron chi connectivity index (χ4n) is 5.75. The number of fused-ring (bicyclic) bond motifs is 1. The van der Waals surface area contributed by atoms with Crippen LogP contribution < -0.4 is 11.0 Å². The summed E-state index contributed by atoms with van der Waals surface area (Å²) in [4.78, 5) is 52.1. The van der Waals surface area contributed by atoms with Crippen LogP contribution >= 0.6 is 0 Å². The van der Waals surface area contributed by atoms with Gasteiger partial charge in [0.1, 0.15) is 6.04 Å². The molecule has 2 N–H and O–H groups in total. The maximum atomic E-state index is 13.1. The fraction of sp³-hybridized carbons (Fsp3) is 0.630. The van der Waals surface area contributed by atoms with Crippen LogP contribution in [0.5, 0.6) is 0 Å². The highest BCUT2D eigenvalue weighted by molar-refractivity contribution is 6.00. The molecule has 1 unspecified atom stereocenters. The second-order valence-corrected chi connectivity index (χ2v) is 11.1. The zero-order valence-electron chi connectivity index (χ0n) is 22.7. The number of aryl methyl sites for hydroxylation is 2. The molecule has 2 aliphatic rings. The van der Waals surface area contributed by atoms with Gasteiger partial charge in [0.15, 0.2) is 0 Å². The summed E-state index contributed by atoms with van der Waals surface area (Å²) in [6.45, 7) is 6.89. The number of aromatic nitrogens is 2. The number of nitrogens with zero attached hydrogens (tertiary/aromatic N) is 4. The molecule has 38 heavy (non-hydrogen) atoms. The molecule has 0 spiro atoms. The number of benzene rings is 1. The lowest BCUT2D eigenvalue weighted by molar-refractivity contribution is -0.135. The average Bonchev–Trinajstić information content (AvgIpc) is 3.12. The van der Waals surface area contributed by atoms with Gasteiger partial charge in [0, 0.05) is 39.1 Å². The van der Waals surface area contributed by atoms with E-state index in [9.17, 15) is 19.2 Å². The van der Waals surface area contributed by atoms with Gasteiger partial charge in [-0.1, -0.05) is 18.6 Å². The first-order valence-electron chi connectivity index (χ1n) is 13.3. The van der Waals surface area contributed by atoms with Crippen LogP contribution in [0.3, 0.4) is 0 Å². The molecule has 2 saturated heterocycles. The Balaban J connectivity index is 1.40. The maximum Gasteiger partial charge on any atom is 0.407 e. The molecule has 2 fully saturated rings. The lowest BCUT2D eigenvalue weighted by Crippen LogP contribution is -2.55. The van der Waals surface area contributed by atoms with Gasteiger partial charge < -0.3 is 14.7 Å². The number of imide groups is 1. The molecule has 0 aliphatic carbocycles. The van der Waals surface area contributed by atoms with Crippen LogP contribution in [0.4, 0.5) is 4.79 Å². The van der Waals surface area contributed by atoms with E-state index in [1.807, 2.05) is 18.2 Å². The minimum atomic E-state index is -0.954. The number of unbranched alkanes of at least 4 members (excludes halogenated alkanes) is 1. The molecular formula is C27H39N5O6. The van der Waals surface area contributed by atoms with Crippen molar-refractivity contribution in [1.82, 2.24) is 24.3 Å². The Morgan fingerprint density at radius 1 is 1.24 bits per heavy atom. The van der Waals surface area contributed by atoms with Crippen molar-refractivity contribution >= 4 is 28.9 Å². The van der Waals surface area contributed by atoms with Crippen molar-refractivity contribution in [1.29, 1.82) is 0 Å². The highest BCUT2D eigenvalue weighted by Crippen LogP contribution is 2.28. The van der Waals surface area contributed by atoms with Crippen molar-refractivity contribution in [3.8, 4) is 0 Å². The Kier molecular flexibility index (Phi) is 8.27. The van der Waals surface area contributed by atoms with Gasteiger partial charge in [-0.15, -0.1) is 0 Å². The van der Waals surface area contributed by atoms with E-state index in [1.165, 1.54) is 9.47 Å². The summed E-state index contributed by atoms with van der Waals surface area (Å²) in [5, 5.41) is 11.5. The molecule has 3 heterocycles. The third kappa shape index (κ3) is 5.78. The predicted molar refractivity (Wildman–Crippen MR) is 142 cm³/mol. The number of para-hydroxylation sites is 1. The van der Waals surface area contributed by atoms with Gasteiger partial charge >= 0.3 is 11.8 Å². The minimum Gasteiger partial charge on any atom is -0.465 e. The summed E-state index contributed by atoms with van der Waals surface area (Å²) in [5.41, 5.74) is 2.31. The summed E-state index contributed by atoms with van der Waals surface area (Å²) in [5.74, 6) is -0.730. The number of carbonyl (C=O) groups excluding carboxylic acids is 2. The van der Waals surface area contributed by atoms with Gasteiger partial charge in [-0.05, 0) is 51.2 Å². The Labute approximate surface area is 222 Å². The molecule has 11 heteroatoms. The van der Waals surface area contributed by atoms with E-state index in [1.54, 1.807) is 18.7 Å². The highest BCUT2D eigenvalue weighted by atomic mass is 16.5. The molecule has 4 rings (SSSR count).